The van der Waals surface area contributed by atoms with Gasteiger partial charge in [-0.2, -0.15) is 0 Å². The number of ketones is 2. The van der Waals surface area contributed by atoms with Crippen molar-refractivity contribution in [2.45, 2.75) is 59.3 Å². The van der Waals surface area contributed by atoms with Gasteiger partial charge in [-0.3, -0.25) is 9.59 Å². The number of hydrogen-bond donors (Lipinski definition) is 0. The largest absolute Gasteiger partial charge is 0.290 e. The highest BCUT2D eigenvalue weighted by molar-refractivity contribution is 6.17. The van der Waals surface area contributed by atoms with Crippen LogP contribution in [0.3, 0.4) is 0 Å². The first-order chi connectivity index (χ1) is 10.8. The Morgan fingerprint density at radius 2 is 1.96 bits per heavy atom. The van der Waals surface area contributed by atoms with Crippen molar-refractivity contribution in [1.29, 1.82) is 0 Å². The van der Waals surface area contributed by atoms with Crippen molar-refractivity contribution < 1.29 is 9.59 Å². The van der Waals surface area contributed by atoms with Crippen molar-refractivity contribution in [2.75, 3.05) is 0 Å². The van der Waals surface area contributed by atoms with Crippen LogP contribution in [0.1, 0.15) is 59.3 Å². The van der Waals surface area contributed by atoms with E-state index in [0.29, 0.717) is 17.4 Å². The van der Waals surface area contributed by atoms with Crippen LogP contribution in [0.2, 0.25) is 0 Å². The Morgan fingerprint density at radius 3 is 2.70 bits per heavy atom. The van der Waals surface area contributed by atoms with Gasteiger partial charge in [0.25, 0.3) is 0 Å². The predicted octanol–water partition coefficient (Wildman–Crippen LogP) is 4.81. The number of hydrogen-bond acceptors (Lipinski definition) is 2. The molecule has 2 saturated carbocycles. The molecule has 0 spiro atoms. The van der Waals surface area contributed by atoms with Crippen LogP contribution in [0.5, 0.6) is 0 Å². The van der Waals surface area contributed by atoms with Gasteiger partial charge >= 0.3 is 0 Å². The van der Waals surface area contributed by atoms with Crippen LogP contribution >= 0.6 is 0 Å². The standard InChI is InChI=1S/C21H28O2/c1-14-6-5-7-19-20(14,3)11-10-15(2)21(19,4)13-16-12-17(22)8-9-18(16)23/h8-9,12,15,19H,1,5-7,10-11,13H2,2-4H3/t15-,19-,20+,21-/m0/s1. The smallest absolute Gasteiger partial charge is 0.182 e. The molecule has 3 rings (SSSR count). The third-order valence-electron chi connectivity index (χ3n) is 7.17. The van der Waals surface area contributed by atoms with Gasteiger partial charge in [0.1, 0.15) is 0 Å². The zero-order valence-electron chi connectivity index (χ0n) is 14.7. The Kier molecular flexibility index (Phi) is 3.98. The molecule has 0 aromatic carbocycles. The molecule has 0 amide bonds. The molecule has 3 aliphatic carbocycles. The lowest BCUT2D eigenvalue weighted by atomic mass is 9.46. The van der Waals surface area contributed by atoms with E-state index in [1.54, 1.807) is 6.08 Å². The molecular weight excluding hydrogens is 284 g/mol. The van der Waals surface area contributed by atoms with Crippen molar-refractivity contribution in [3.63, 3.8) is 0 Å². The summed E-state index contributed by atoms with van der Waals surface area (Å²) in [7, 11) is 0. The first kappa shape index (κ1) is 16.4. The van der Waals surface area contributed by atoms with Gasteiger partial charge in [-0.1, -0.05) is 32.9 Å². The Bertz CT molecular complexity index is 624. The van der Waals surface area contributed by atoms with Crippen molar-refractivity contribution in [3.8, 4) is 0 Å². The molecule has 0 saturated heterocycles. The van der Waals surface area contributed by atoms with E-state index in [1.165, 1.54) is 43.4 Å². The molecule has 0 bridgehead atoms. The monoisotopic (exact) mass is 312 g/mol. The Balaban J connectivity index is 1.95. The van der Waals surface area contributed by atoms with Gasteiger partial charge in [-0.25, -0.2) is 0 Å². The molecule has 124 valence electrons. The summed E-state index contributed by atoms with van der Waals surface area (Å²) in [6, 6.07) is 0. The molecule has 0 aromatic heterocycles. The predicted molar refractivity (Wildman–Crippen MR) is 92.9 cm³/mol. The van der Waals surface area contributed by atoms with E-state index < -0.39 is 0 Å². The Morgan fingerprint density at radius 1 is 1.22 bits per heavy atom. The van der Waals surface area contributed by atoms with Crippen LogP contribution in [0.15, 0.2) is 36.0 Å². The van der Waals surface area contributed by atoms with Gasteiger partial charge in [0, 0.05) is 5.57 Å². The van der Waals surface area contributed by atoms with E-state index in [4.69, 9.17) is 0 Å². The molecule has 3 aliphatic rings. The molecule has 2 fully saturated rings. The maximum atomic E-state index is 12.2. The molecular formula is C21H28O2. The summed E-state index contributed by atoms with van der Waals surface area (Å²) in [4.78, 5) is 24.0. The highest BCUT2D eigenvalue weighted by Crippen LogP contribution is 2.63. The van der Waals surface area contributed by atoms with E-state index in [0.717, 1.165) is 12.8 Å². The van der Waals surface area contributed by atoms with Crippen LogP contribution in [0.4, 0.5) is 0 Å². The van der Waals surface area contributed by atoms with Crippen molar-refractivity contribution >= 4 is 11.6 Å². The Hall–Kier alpha value is -1.44. The van der Waals surface area contributed by atoms with Gasteiger partial charge in [-0.15, -0.1) is 0 Å². The minimum atomic E-state index is -0.0533. The fraction of sp³-hybridized carbons (Fsp3) is 0.619. The normalized spacial score (nSPS) is 40.8. The summed E-state index contributed by atoms with van der Waals surface area (Å²) >= 11 is 0. The number of allylic oxidation sites excluding steroid dienone is 5. The summed E-state index contributed by atoms with van der Waals surface area (Å²) in [5, 5.41) is 0. The second-order valence-corrected chi connectivity index (χ2v) is 8.36. The first-order valence-electron chi connectivity index (χ1n) is 8.92. The molecule has 4 atom stereocenters. The van der Waals surface area contributed by atoms with Crippen molar-refractivity contribution in [2.24, 2.45) is 22.7 Å². The Labute approximate surface area is 139 Å². The summed E-state index contributed by atoms with van der Waals surface area (Å²) in [5.74, 6) is 1.07. The fourth-order valence-corrected chi connectivity index (χ4v) is 5.37. The summed E-state index contributed by atoms with van der Waals surface area (Å²) < 4.78 is 0. The van der Waals surface area contributed by atoms with Gasteiger partial charge in [0.05, 0.1) is 0 Å². The molecule has 0 aromatic rings. The molecule has 0 heterocycles. The lowest BCUT2D eigenvalue weighted by molar-refractivity contribution is -0.115. The maximum Gasteiger partial charge on any atom is 0.182 e. The SMILES string of the molecule is C=C1CCC[C@@H]2[C@@](C)(CC3=CC(=O)C=CC3=O)[C@@H](C)CC[C@]12C. The molecule has 2 heteroatoms. The zero-order chi connectivity index (χ0) is 16.8. The molecule has 0 N–H and O–H groups in total. The molecule has 0 unspecified atom stereocenters. The highest BCUT2D eigenvalue weighted by atomic mass is 16.1. The minimum Gasteiger partial charge on any atom is -0.290 e. The molecule has 0 radical (unpaired) electrons. The average Bonchev–Trinajstić information content (AvgIpc) is 2.50. The van der Waals surface area contributed by atoms with Crippen molar-refractivity contribution in [3.05, 3.63) is 36.0 Å². The lowest BCUT2D eigenvalue weighted by Crippen LogP contribution is -2.50. The molecule has 2 nitrogen and oxygen atoms in total. The second-order valence-electron chi connectivity index (χ2n) is 8.36. The summed E-state index contributed by atoms with van der Waals surface area (Å²) in [6.45, 7) is 11.4. The summed E-state index contributed by atoms with van der Waals surface area (Å²) in [5.41, 5.74) is 2.35. The third-order valence-corrected chi connectivity index (χ3v) is 7.17. The van der Waals surface area contributed by atoms with Gasteiger partial charge < -0.3 is 0 Å². The third kappa shape index (κ3) is 2.56. The number of rotatable bonds is 2. The minimum absolute atomic E-state index is 0.0138. The van der Waals surface area contributed by atoms with E-state index >= 15 is 0 Å². The number of carbonyl (C=O) groups is 2. The van der Waals surface area contributed by atoms with E-state index in [-0.39, 0.29) is 22.4 Å². The molecule has 23 heavy (non-hydrogen) atoms. The van der Waals surface area contributed by atoms with Crippen LogP contribution in [-0.4, -0.2) is 11.6 Å². The van der Waals surface area contributed by atoms with Crippen LogP contribution < -0.4 is 0 Å². The maximum absolute atomic E-state index is 12.2. The van der Waals surface area contributed by atoms with Gasteiger partial charge in [0.2, 0.25) is 0 Å². The highest BCUT2D eigenvalue weighted by Gasteiger charge is 2.54. The first-order valence-corrected chi connectivity index (χ1v) is 8.92. The van der Waals surface area contributed by atoms with Crippen LogP contribution in [-0.2, 0) is 9.59 Å². The second kappa shape index (κ2) is 5.58. The fourth-order valence-electron chi connectivity index (χ4n) is 5.37. The van der Waals surface area contributed by atoms with Crippen LogP contribution in [0, 0.1) is 22.7 Å². The number of carbonyl (C=O) groups excluding carboxylic acids is 2. The van der Waals surface area contributed by atoms with Gasteiger partial charge in [0.15, 0.2) is 11.6 Å². The quantitative estimate of drug-likeness (QED) is 0.541. The van der Waals surface area contributed by atoms with E-state index in [9.17, 15) is 9.59 Å². The van der Waals surface area contributed by atoms with E-state index in [1.807, 2.05) is 0 Å². The topological polar surface area (TPSA) is 34.1 Å². The lowest BCUT2D eigenvalue weighted by Gasteiger charge is -2.59. The van der Waals surface area contributed by atoms with Crippen LogP contribution in [0.25, 0.3) is 0 Å². The number of fused-ring (bicyclic) bond motifs is 1. The average molecular weight is 312 g/mol. The molecule has 0 aliphatic heterocycles. The van der Waals surface area contributed by atoms with E-state index in [2.05, 4.69) is 27.4 Å². The van der Waals surface area contributed by atoms with Gasteiger partial charge in [-0.05, 0) is 79.4 Å². The van der Waals surface area contributed by atoms with Crippen molar-refractivity contribution in [1.82, 2.24) is 0 Å². The summed E-state index contributed by atoms with van der Waals surface area (Å²) in [6.07, 6.45) is 11.0. The zero-order valence-corrected chi connectivity index (χ0v) is 14.7.